The van der Waals surface area contributed by atoms with Gasteiger partial charge < -0.3 is 129 Å². The van der Waals surface area contributed by atoms with E-state index >= 15 is 0 Å². The van der Waals surface area contributed by atoms with Gasteiger partial charge in [-0.3, -0.25) is 28.8 Å². The van der Waals surface area contributed by atoms with E-state index in [1.807, 2.05) is 41.5 Å². The minimum atomic E-state index is -1.73. The number of nitrogens with one attached hydrogen (secondary N) is 2. The van der Waals surface area contributed by atoms with Gasteiger partial charge in [-0.1, -0.05) is 77.1 Å². The Bertz CT molecular complexity index is 5140. The Labute approximate surface area is 813 Å². The summed E-state index contributed by atoms with van der Waals surface area (Å²) >= 11 is 3.26. The van der Waals surface area contributed by atoms with Crippen LogP contribution in [0.25, 0.3) is 33.1 Å². The second kappa shape index (κ2) is 60.7. The van der Waals surface area contributed by atoms with Crippen molar-refractivity contribution in [3.05, 3.63) is 126 Å². The van der Waals surface area contributed by atoms with E-state index in [-0.39, 0.29) is 269 Å². The molecule has 0 saturated heterocycles. The van der Waals surface area contributed by atoms with Gasteiger partial charge in [-0.15, -0.1) is 0 Å². The van der Waals surface area contributed by atoms with Gasteiger partial charge >= 0.3 is 30.2 Å². The largest absolute Gasteiger partial charge is 0.545 e. The molecule has 2 aliphatic rings. The number of hydrogen-bond acceptors (Lipinski definition) is 38. The number of benzene rings is 4. The number of carboxylic acid groups (broad SMARTS) is 1. The summed E-state index contributed by atoms with van der Waals surface area (Å²) in [4.78, 5) is 165. The van der Waals surface area contributed by atoms with Crippen molar-refractivity contribution in [2.45, 2.75) is 165 Å². The molecule has 2 aliphatic carbocycles. The molecule has 42 heteroatoms. The van der Waals surface area contributed by atoms with Gasteiger partial charge in [0.25, 0.3) is 0 Å². The second-order valence-corrected chi connectivity index (χ2v) is 33.8. The smallest absolute Gasteiger partial charge is 0.373 e. The Balaban J connectivity index is 0.000000731. The second-order valence-electron chi connectivity index (χ2n) is 33.0. The SMILES string of the molecule is C.CC(C)(C)CC[C@H](NC(=O)CCOCCBr)C(=O)OC(C)(C)C.COCOc1cc2c(cc1OCOC)C(=O)C(c1coc3cc(OCOC)c(OCOC)c(C(=O)OCCOCCC(=O)N[C@@H](CCC(C)(C)C)C(=O)OC(C)(C)C)c3c1=O)=CC2.COCOc1cc2c(cc1OCOC)C(=O)C(c1coc3cc(OCOC)c(OCOC)c(C(=O)[O-])c3c1=O)=CC2.O=C=O.O=C=O.[U]. The van der Waals surface area contributed by atoms with Crippen LogP contribution < -0.4 is 64.5 Å². The molecule has 0 bridgehead atoms. The number of rotatable bonds is 47. The summed E-state index contributed by atoms with van der Waals surface area (Å²) in [7, 11) is 11.3. The number of halogens is 1. The van der Waals surface area contributed by atoms with Crippen molar-refractivity contribution in [2.24, 2.45) is 10.8 Å². The van der Waals surface area contributed by atoms with Gasteiger partial charge in [0.2, 0.25) is 22.7 Å². The maximum atomic E-state index is 14.5. The fourth-order valence-corrected chi connectivity index (χ4v) is 12.5. The zero-order valence-corrected chi connectivity index (χ0v) is 84.6. The number of amides is 2. The number of alkyl halides is 1. The number of allylic oxidation sites excluding steroid dienone is 4. The summed E-state index contributed by atoms with van der Waals surface area (Å²) in [6.07, 6.45) is 8.92. The molecule has 2 heterocycles. The first kappa shape index (κ1) is 120. The molecule has 6 aromatic rings. The van der Waals surface area contributed by atoms with Gasteiger partial charge in [-0.2, -0.15) is 19.2 Å². The molecule has 0 radical (unpaired) electrons. The molecule has 2 aromatic heterocycles. The minimum absolute atomic E-state index is 0. The molecule has 0 aliphatic heterocycles. The summed E-state index contributed by atoms with van der Waals surface area (Å²) in [5.74, 6) is -4.82. The Morgan fingerprint density at radius 1 is 0.437 bits per heavy atom. The van der Waals surface area contributed by atoms with Crippen LogP contribution in [0.3, 0.4) is 0 Å². The number of fused-ring (bicyclic) bond motifs is 4. The van der Waals surface area contributed by atoms with E-state index in [0.29, 0.717) is 55.1 Å². The normalized spacial score (nSPS) is 12.4. The number of Topliss-reactive ketones (excluding diaryl/α,β-unsaturated/α-hetero) is 2. The third-order valence-corrected chi connectivity index (χ3v) is 18.3. The van der Waals surface area contributed by atoms with E-state index in [2.05, 4.69) is 47.3 Å². The summed E-state index contributed by atoms with van der Waals surface area (Å²) < 4.78 is 124. The molecule has 0 fully saturated rings. The molecule has 2 amide bonds. The van der Waals surface area contributed by atoms with Crippen LogP contribution in [0.2, 0.25) is 0 Å². The fourth-order valence-electron chi connectivity index (χ4n) is 12.3. The van der Waals surface area contributed by atoms with Gasteiger partial charge in [-0.05, 0) is 126 Å². The summed E-state index contributed by atoms with van der Waals surface area (Å²) in [6, 6.07) is 7.45. The molecule has 2 atom stereocenters. The van der Waals surface area contributed by atoms with E-state index in [1.165, 1.54) is 81.1 Å². The van der Waals surface area contributed by atoms with Crippen LogP contribution in [0, 0.1) is 41.9 Å². The Morgan fingerprint density at radius 3 is 1.08 bits per heavy atom. The first-order valence-electron chi connectivity index (χ1n) is 41.2. The Morgan fingerprint density at radius 2 is 0.756 bits per heavy atom. The van der Waals surface area contributed by atoms with Crippen LogP contribution >= 0.6 is 15.9 Å². The monoisotopic (exact) mass is 2190 g/mol. The summed E-state index contributed by atoms with van der Waals surface area (Å²) in [5, 5.41) is 17.9. The van der Waals surface area contributed by atoms with Gasteiger partial charge in [0.05, 0.1) is 59.9 Å². The van der Waals surface area contributed by atoms with E-state index in [1.54, 1.807) is 45.1 Å². The number of hydrogen-bond donors (Lipinski definition) is 2. The number of esters is 3. The fraction of sp³-hybridized carbons (Fsp3) is 0.527. The zero-order valence-electron chi connectivity index (χ0n) is 78.9. The van der Waals surface area contributed by atoms with Crippen molar-refractivity contribution >= 4 is 109 Å². The maximum absolute atomic E-state index is 14.5. The van der Waals surface area contributed by atoms with E-state index in [0.717, 1.165) is 24.3 Å². The van der Waals surface area contributed by atoms with Gasteiger partial charge in [0.1, 0.15) is 59.1 Å². The topological polar surface area (TPSA) is 506 Å². The molecule has 135 heavy (non-hydrogen) atoms. The van der Waals surface area contributed by atoms with E-state index in [9.17, 15) is 53.1 Å². The van der Waals surface area contributed by atoms with Crippen LogP contribution in [0.5, 0.6) is 46.0 Å². The molecule has 8 rings (SSSR count). The van der Waals surface area contributed by atoms with Gasteiger partial charge in [-0.25, -0.2) is 14.4 Å². The van der Waals surface area contributed by atoms with Crippen molar-refractivity contribution in [3.63, 3.8) is 0 Å². The Hall–Kier alpha value is -10.8. The van der Waals surface area contributed by atoms with Crippen molar-refractivity contribution < 1.29 is 202 Å². The molecular formula is C93H122BrN2O38U-. The summed E-state index contributed by atoms with van der Waals surface area (Å²) in [5.41, 5.74) is -2.55. The molecule has 0 spiro atoms. The molecular weight excluding hydrogens is 2070 g/mol. The summed E-state index contributed by atoms with van der Waals surface area (Å²) in [6.45, 7) is 22.0. The third kappa shape index (κ3) is 39.5. The molecule has 4 aromatic carbocycles. The Kier molecular flexibility index (Phi) is 54.0. The van der Waals surface area contributed by atoms with Crippen LogP contribution in [-0.4, -0.2) is 232 Å². The number of ether oxygens (including phenoxy) is 21. The number of aromatic carboxylic acids is 1. The third-order valence-electron chi connectivity index (χ3n) is 18.0. The average Bonchev–Trinajstić information content (AvgIpc) is 0.747. The number of carboxylic acids is 1. The number of carbonyl (C=O) groups excluding carboxylic acids is 12. The van der Waals surface area contributed by atoms with Crippen LogP contribution in [-0.2, 0) is 113 Å². The molecule has 0 saturated carbocycles. The van der Waals surface area contributed by atoms with Gasteiger partial charge in [0.15, 0.2) is 112 Å². The molecule has 40 nitrogen and oxygen atoms in total. The van der Waals surface area contributed by atoms with Crippen LogP contribution in [0.4, 0.5) is 0 Å². The van der Waals surface area contributed by atoms with Crippen molar-refractivity contribution in [1.82, 2.24) is 10.6 Å². The van der Waals surface area contributed by atoms with Crippen molar-refractivity contribution in [2.75, 3.05) is 150 Å². The standard InChI is InChI=1S/C45H59NO17.C28H28O13.C17H32BrNO4.2CO2.CH4.U/c1-44(2,3)15-13-31(42(50)63-45(4,5)6)46-36(47)14-16-56-17-18-57-43(51)38-37-34(21-35(61-25-54-9)41(38)62-26-55-10)58-22-30(40(37)49)28-12-11-27-19-32(59-23-52-7)33(60-24-53-8)20-29(27)39(28)48;1-33-11-38-19-7-15-5-6-16(25(29)17(15)8-20(19)39-12-34-2)18-10-37-21-9-22(40-13-35-3)27(41-14-36-4)24(28(31)32)23(21)26(18)30;1-16(2,3)9-7-13(15(21)23-17(4,5)6)19-14(20)8-11-22-12-10-18;2*2-1-3;;/h12,19-22,31H,11,13-18,23-26H2,1-10H3,(H,46,47);6-10H,5,11-14H2,1-4H3,(H,31,32);13H,7-12H2,1-6H3,(H,19,20);;;1H4;/p-1/t31-;;13-;;;;/m0.0..../s1. The van der Waals surface area contributed by atoms with E-state index < -0.39 is 75.1 Å². The average molecular weight is 2190 g/mol. The van der Waals surface area contributed by atoms with Crippen molar-refractivity contribution in [1.29, 1.82) is 0 Å². The van der Waals surface area contributed by atoms with Crippen molar-refractivity contribution in [3.8, 4) is 46.0 Å². The predicted octanol–water partition coefficient (Wildman–Crippen LogP) is 10.6. The van der Waals surface area contributed by atoms with E-state index in [4.69, 9.17) is 127 Å². The maximum Gasteiger partial charge on any atom is 0.373 e. The number of ketones is 2. The predicted molar refractivity (Wildman–Crippen MR) is 479 cm³/mol. The first-order chi connectivity index (χ1) is 63.0. The number of methoxy groups -OCH3 is 8. The van der Waals surface area contributed by atoms with Gasteiger partial charge in [0, 0.05) is 141 Å². The molecule has 744 valence electrons. The first-order valence-corrected chi connectivity index (χ1v) is 42.3. The van der Waals surface area contributed by atoms with Crippen LogP contribution in [0.1, 0.15) is 193 Å². The van der Waals surface area contributed by atoms with Crippen LogP contribution in [0.15, 0.2) is 79.5 Å². The molecule has 2 N–H and O–H groups in total. The zero-order chi connectivity index (χ0) is 99.3. The molecule has 0 unspecified atom stereocenters. The quantitative estimate of drug-likeness (QED) is 0.0118. The minimum Gasteiger partial charge on any atom is -0.545 e. The number of carbonyl (C=O) groups is 8.